The van der Waals surface area contributed by atoms with Crippen LogP contribution in [0.15, 0.2) is 12.4 Å². The van der Waals surface area contributed by atoms with Crippen LogP contribution in [0.1, 0.15) is 0 Å². The van der Waals surface area contributed by atoms with E-state index in [2.05, 4.69) is 9.97 Å². The van der Waals surface area contributed by atoms with Gasteiger partial charge in [0.15, 0.2) is 0 Å². The fraction of sp³-hybridized carbons (Fsp3) is 0.583. The molecule has 2 aliphatic heterocycles. The van der Waals surface area contributed by atoms with Gasteiger partial charge in [0.25, 0.3) is 0 Å². The van der Waals surface area contributed by atoms with Crippen molar-refractivity contribution in [2.75, 3.05) is 44.3 Å². The second kappa shape index (κ2) is 5.30. The van der Waals surface area contributed by atoms with E-state index in [1.165, 1.54) is 0 Å². The molecule has 0 saturated carbocycles. The number of aromatic nitrogens is 2. The maximum absolute atomic E-state index is 12.2. The van der Waals surface area contributed by atoms with Crippen molar-refractivity contribution in [3.63, 3.8) is 0 Å². The summed E-state index contributed by atoms with van der Waals surface area (Å²) < 4.78 is 5.25. The van der Waals surface area contributed by atoms with Gasteiger partial charge in [0, 0.05) is 26.2 Å². The first-order chi connectivity index (χ1) is 9.24. The highest BCUT2D eigenvalue weighted by Crippen LogP contribution is 2.23. The summed E-state index contributed by atoms with van der Waals surface area (Å²) in [5.74, 6) is 0.904. The third-order valence-corrected chi connectivity index (χ3v) is 3.64. The Hall–Kier alpha value is -1.40. The van der Waals surface area contributed by atoms with E-state index < -0.39 is 0 Å². The Balaban J connectivity index is 1.54. The fourth-order valence-corrected chi connectivity index (χ4v) is 2.41. The first-order valence-corrected chi connectivity index (χ1v) is 6.71. The van der Waals surface area contributed by atoms with Gasteiger partial charge in [0.1, 0.15) is 0 Å². The van der Waals surface area contributed by atoms with Crippen molar-refractivity contribution in [1.29, 1.82) is 0 Å². The van der Waals surface area contributed by atoms with Gasteiger partial charge < -0.3 is 14.5 Å². The Labute approximate surface area is 116 Å². The van der Waals surface area contributed by atoms with Gasteiger partial charge in [-0.3, -0.25) is 4.79 Å². The molecule has 102 valence electrons. The van der Waals surface area contributed by atoms with E-state index in [-0.39, 0.29) is 11.8 Å². The van der Waals surface area contributed by atoms with Crippen molar-refractivity contribution in [2.24, 2.45) is 5.92 Å². The summed E-state index contributed by atoms with van der Waals surface area (Å²) in [4.78, 5) is 24.4. The Morgan fingerprint density at radius 3 is 2.53 bits per heavy atom. The average Bonchev–Trinajstić information content (AvgIpc) is 2.40. The van der Waals surface area contributed by atoms with Gasteiger partial charge in [-0.1, -0.05) is 11.6 Å². The number of hydrogen-bond donors (Lipinski definition) is 0. The molecule has 0 aromatic carbocycles. The molecular weight excluding hydrogens is 268 g/mol. The van der Waals surface area contributed by atoms with Crippen LogP contribution in [0.4, 0.5) is 5.95 Å². The van der Waals surface area contributed by atoms with Crippen molar-refractivity contribution < 1.29 is 9.53 Å². The van der Waals surface area contributed by atoms with E-state index in [4.69, 9.17) is 16.3 Å². The maximum atomic E-state index is 12.2. The van der Waals surface area contributed by atoms with Gasteiger partial charge >= 0.3 is 0 Å². The molecule has 1 amide bonds. The van der Waals surface area contributed by atoms with Gasteiger partial charge in [-0.15, -0.1) is 0 Å². The largest absolute Gasteiger partial charge is 0.378 e. The maximum Gasteiger partial charge on any atom is 0.229 e. The van der Waals surface area contributed by atoms with E-state index >= 15 is 0 Å². The number of ether oxygens (including phenoxy) is 1. The van der Waals surface area contributed by atoms with Crippen LogP contribution < -0.4 is 4.90 Å². The topological polar surface area (TPSA) is 58.6 Å². The number of hydrogen-bond acceptors (Lipinski definition) is 5. The molecule has 1 aromatic heterocycles. The molecule has 0 atom stereocenters. The first-order valence-electron chi connectivity index (χ1n) is 6.33. The summed E-state index contributed by atoms with van der Waals surface area (Å²) >= 11 is 5.74. The molecule has 7 heteroatoms. The summed E-state index contributed by atoms with van der Waals surface area (Å²) in [7, 11) is 0. The van der Waals surface area contributed by atoms with Crippen molar-refractivity contribution in [2.45, 2.75) is 0 Å². The third kappa shape index (κ3) is 2.64. The van der Waals surface area contributed by atoms with Crippen LogP contribution >= 0.6 is 11.6 Å². The normalized spacial score (nSPS) is 20.3. The highest BCUT2D eigenvalue weighted by molar-refractivity contribution is 6.30. The van der Waals surface area contributed by atoms with E-state index in [0.717, 1.165) is 0 Å². The van der Waals surface area contributed by atoms with E-state index in [1.54, 1.807) is 12.4 Å². The number of carbonyl (C=O) groups excluding carboxylic acids is 1. The minimum absolute atomic E-state index is 0.0531. The van der Waals surface area contributed by atoms with E-state index in [9.17, 15) is 4.79 Å². The smallest absolute Gasteiger partial charge is 0.229 e. The number of amides is 1. The predicted molar refractivity (Wildman–Crippen MR) is 70.1 cm³/mol. The van der Waals surface area contributed by atoms with Crippen LogP contribution in [0, 0.1) is 5.92 Å². The lowest BCUT2D eigenvalue weighted by Gasteiger charge is -2.41. The summed E-state index contributed by atoms with van der Waals surface area (Å²) in [6.07, 6.45) is 3.14. The van der Waals surface area contributed by atoms with Gasteiger partial charge in [-0.05, 0) is 0 Å². The van der Waals surface area contributed by atoms with Gasteiger partial charge in [0.05, 0.1) is 36.5 Å². The molecule has 0 spiro atoms. The van der Waals surface area contributed by atoms with Crippen molar-refractivity contribution in [3.05, 3.63) is 17.4 Å². The Morgan fingerprint density at radius 1 is 1.26 bits per heavy atom. The lowest BCUT2D eigenvalue weighted by atomic mass is 9.99. The quantitative estimate of drug-likeness (QED) is 0.787. The summed E-state index contributed by atoms with van der Waals surface area (Å²) in [5.41, 5.74) is 0. The van der Waals surface area contributed by atoms with Gasteiger partial charge in [-0.2, -0.15) is 0 Å². The third-order valence-electron chi connectivity index (χ3n) is 3.44. The number of rotatable bonds is 2. The second-order valence-corrected chi connectivity index (χ2v) is 5.18. The van der Waals surface area contributed by atoms with Crippen molar-refractivity contribution in [1.82, 2.24) is 14.9 Å². The summed E-state index contributed by atoms with van der Waals surface area (Å²) in [6.45, 7) is 4.04. The molecule has 1 aromatic rings. The summed E-state index contributed by atoms with van der Waals surface area (Å²) in [6, 6.07) is 0. The van der Waals surface area contributed by atoms with E-state index in [1.807, 2.05) is 9.80 Å². The first kappa shape index (κ1) is 12.6. The van der Waals surface area contributed by atoms with Gasteiger partial charge in [-0.25, -0.2) is 9.97 Å². The lowest BCUT2D eigenvalue weighted by molar-refractivity contribution is -0.140. The molecule has 2 saturated heterocycles. The minimum atomic E-state index is 0.0531. The Bertz CT molecular complexity index is 455. The zero-order valence-electron chi connectivity index (χ0n) is 10.5. The highest BCUT2D eigenvalue weighted by atomic mass is 35.5. The van der Waals surface area contributed by atoms with Crippen LogP contribution in [-0.2, 0) is 9.53 Å². The van der Waals surface area contributed by atoms with E-state index in [0.29, 0.717) is 50.4 Å². The molecule has 0 radical (unpaired) electrons. The molecule has 0 aliphatic carbocycles. The average molecular weight is 283 g/mol. The molecule has 0 bridgehead atoms. The van der Waals surface area contributed by atoms with Crippen LogP contribution in [-0.4, -0.2) is 60.2 Å². The van der Waals surface area contributed by atoms with Crippen LogP contribution in [0.5, 0.6) is 0 Å². The number of carbonyl (C=O) groups is 1. The standard InChI is InChI=1S/C12H15ClN4O2/c13-10-5-14-12(15-6-10)17-7-9(8-17)11(18)16-1-3-19-4-2-16/h5-6,9H,1-4,7-8H2. The molecule has 6 nitrogen and oxygen atoms in total. The zero-order valence-corrected chi connectivity index (χ0v) is 11.2. The van der Waals surface area contributed by atoms with Gasteiger partial charge in [0.2, 0.25) is 11.9 Å². The zero-order chi connectivity index (χ0) is 13.2. The van der Waals surface area contributed by atoms with Crippen LogP contribution in [0.2, 0.25) is 5.02 Å². The highest BCUT2D eigenvalue weighted by Gasteiger charge is 2.36. The Morgan fingerprint density at radius 2 is 1.89 bits per heavy atom. The SMILES string of the molecule is O=C(C1CN(c2ncc(Cl)cn2)C1)N1CCOCC1. The molecule has 0 N–H and O–H groups in total. The number of morpholine rings is 1. The number of anilines is 1. The number of nitrogens with zero attached hydrogens (tertiary/aromatic N) is 4. The predicted octanol–water partition coefficient (Wildman–Crippen LogP) is 0.425. The van der Waals surface area contributed by atoms with Crippen LogP contribution in [0.25, 0.3) is 0 Å². The second-order valence-electron chi connectivity index (χ2n) is 4.74. The summed E-state index contributed by atoms with van der Waals surface area (Å²) in [5, 5.41) is 0.519. The molecule has 0 unspecified atom stereocenters. The fourth-order valence-electron chi connectivity index (χ4n) is 2.31. The number of halogens is 1. The Kier molecular flexibility index (Phi) is 3.52. The minimum Gasteiger partial charge on any atom is -0.378 e. The monoisotopic (exact) mass is 282 g/mol. The van der Waals surface area contributed by atoms with Crippen LogP contribution in [0.3, 0.4) is 0 Å². The lowest BCUT2D eigenvalue weighted by Crippen LogP contribution is -2.56. The molecule has 2 fully saturated rings. The molecule has 3 heterocycles. The molecule has 2 aliphatic rings. The molecule has 3 rings (SSSR count). The van der Waals surface area contributed by atoms with Crippen molar-refractivity contribution >= 4 is 23.5 Å². The molecule has 19 heavy (non-hydrogen) atoms. The van der Waals surface area contributed by atoms with Crippen molar-refractivity contribution in [3.8, 4) is 0 Å². The molecular formula is C12H15ClN4O2.